The van der Waals surface area contributed by atoms with E-state index in [1.807, 2.05) is 37.3 Å². The van der Waals surface area contributed by atoms with Gasteiger partial charge in [-0.1, -0.05) is 125 Å². The number of fused-ring (bicyclic) bond motifs is 1. The lowest BCUT2D eigenvalue weighted by molar-refractivity contribution is -0.165. The van der Waals surface area contributed by atoms with E-state index in [1.54, 1.807) is 86.6 Å². The summed E-state index contributed by atoms with van der Waals surface area (Å²) < 4.78 is 11.9. The number of nitrogens with zero attached hydrogens (tertiary/aromatic N) is 6. The molecule has 2 aliphatic heterocycles. The maximum absolute atomic E-state index is 15.0. The lowest BCUT2D eigenvalue weighted by Crippen LogP contribution is -2.63. The number of esters is 1. The smallest absolute Gasteiger partial charge is 0.329 e. The number of likely N-dealkylation sites (N-methyl/N-ethyl adjacent to an activating group) is 5. The maximum Gasteiger partial charge on any atom is 0.329 e. The van der Waals surface area contributed by atoms with Gasteiger partial charge in [0.1, 0.15) is 60.7 Å². The van der Waals surface area contributed by atoms with Crippen LogP contribution in [0.5, 0.6) is 5.75 Å². The second-order valence-corrected chi connectivity index (χ2v) is 24.2. The van der Waals surface area contributed by atoms with E-state index in [4.69, 9.17) is 9.47 Å². The van der Waals surface area contributed by atoms with E-state index in [-0.39, 0.29) is 19.4 Å². The first-order valence-corrected chi connectivity index (χ1v) is 30.1. The zero-order chi connectivity index (χ0) is 64.6. The van der Waals surface area contributed by atoms with Crippen molar-refractivity contribution in [2.75, 3.05) is 48.3 Å². The number of rotatable bonds is 14. The molecule has 23 heteroatoms. The van der Waals surface area contributed by atoms with Crippen LogP contribution < -0.4 is 20.7 Å². The minimum atomic E-state index is -1.70. The number of carboxylic acid groups (broad SMARTS) is 1. The van der Waals surface area contributed by atoms with Crippen LogP contribution in [0.3, 0.4) is 0 Å². The Kier molecular flexibility index (Phi) is 26.6. The minimum Gasteiger partial charge on any atom is -0.489 e. The van der Waals surface area contributed by atoms with Gasteiger partial charge in [0.05, 0.1) is 13.0 Å². The third-order valence-corrected chi connectivity index (χ3v) is 16.8. The van der Waals surface area contributed by atoms with Crippen molar-refractivity contribution in [2.45, 2.75) is 182 Å². The second-order valence-electron chi connectivity index (χ2n) is 24.2. The highest BCUT2D eigenvalue weighted by atomic mass is 16.5. The summed E-state index contributed by atoms with van der Waals surface area (Å²) in [6, 6.07) is 5.85. The first-order valence-electron chi connectivity index (χ1n) is 30.1. The van der Waals surface area contributed by atoms with E-state index in [0.717, 1.165) is 20.3 Å². The molecule has 86 heavy (non-hydrogen) atoms. The summed E-state index contributed by atoms with van der Waals surface area (Å²) in [6.45, 7) is 18.3. The molecule has 0 unspecified atom stereocenters. The molecule has 0 bridgehead atoms. The number of benzene rings is 2. The Morgan fingerprint density at radius 1 is 0.605 bits per heavy atom. The molecular formula is C63H95N9O14. The molecule has 0 spiro atoms. The fourth-order valence-electron chi connectivity index (χ4n) is 11.4. The van der Waals surface area contributed by atoms with Crippen molar-refractivity contribution in [3.63, 3.8) is 0 Å². The Labute approximate surface area is 507 Å². The standard InChI is InChI=1S/C63H95N9O14/c1-17-39(9)53-55(76)64-34-48(73)68(13)51(37(5)6)56(77)65-45(32-42-27-29-44(30-28-42)85-35-43-24-20-19-21-25-43)63(84)86-41(11)58(79)72-31-23-22-26-46(72)59(80)69(14)52(38(7)8)57(78)66-50(36(3)4)61(82)67(12)47(33-49(74)75)60(81)71(16)54(40(10)18-2)62(83)70(53)15/h19-21,24-25,27-30,36-41,45-47,50-54H,17-18,22-23,26,31-35H2,1-16H3,(H,64,76)(H,65,77)(H,66,78)(H,74,75)/t39-,40-,41+,45-,46-,47-,50-,51-,52-,53-,54-/m0/s1. The van der Waals surface area contributed by atoms with Gasteiger partial charge in [-0.25, -0.2) is 4.79 Å². The summed E-state index contributed by atoms with van der Waals surface area (Å²) in [6.07, 6.45) is -0.552. The van der Waals surface area contributed by atoms with Gasteiger partial charge in [0, 0.05) is 48.2 Å². The molecular weight excluding hydrogens is 1110 g/mol. The average molecular weight is 1200 g/mol. The van der Waals surface area contributed by atoms with Crippen molar-refractivity contribution in [2.24, 2.45) is 29.6 Å². The first kappa shape index (κ1) is 70.9. The molecule has 0 saturated carbocycles. The molecule has 2 aliphatic rings. The first-order chi connectivity index (χ1) is 40.4. The van der Waals surface area contributed by atoms with E-state index >= 15 is 0 Å². The number of cyclic esters (lactones) is 1. The van der Waals surface area contributed by atoms with Crippen LogP contribution >= 0.6 is 0 Å². The van der Waals surface area contributed by atoms with E-state index < -0.39 is 162 Å². The quantitative estimate of drug-likeness (QED) is 0.196. The average Bonchev–Trinajstić information content (AvgIpc) is 1.52. The molecule has 2 aromatic carbocycles. The summed E-state index contributed by atoms with van der Waals surface area (Å²) in [7, 11) is 6.76. The van der Waals surface area contributed by atoms with E-state index in [2.05, 4.69) is 16.0 Å². The molecule has 4 N–H and O–H groups in total. The van der Waals surface area contributed by atoms with Gasteiger partial charge in [0.15, 0.2) is 6.10 Å². The molecule has 2 saturated heterocycles. The fourth-order valence-corrected chi connectivity index (χ4v) is 11.4. The molecule has 11 atom stereocenters. The monoisotopic (exact) mass is 1200 g/mol. The number of hydrogen-bond acceptors (Lipinski definition) is 13. The highest BCUT2D eigenvalue weighted by Crippen LogP contribution is 2.27. The SMILES string of the molecule is CC[C@H](C)[C@H]1C(=O)NCC(=O)N(C)[C@@H](C(C)C)C(=O)N[C@@H](Cc2ccc(OCc3ccccc3)cc2)C(=O)O[C@H](C)C(=O)N2CCCC[C@H]2C(=O)N(C)[C@@H](C(C)C)C(=O)N[C@@H](C(C)C)C(=O)N(C)[C@@H](CC(=O)O)C(=O)N(C)[C@@H]([C@@H](C)CC)C(=O)N1C. The summed E-state index contributed by atoms with van der Waals surface area (Å²) in [5, 5.41) is 18.4. The van der Waals surface area contributed by atoms with Crippen LogP contribution in [0.4, 0.5) is 0 Å². The Bertz CT molecular complexity index is 2710. The Morgan fingerprint density at radius 2 is 1.15 bits per heavy atom. The van der Waals surface area contributed by atoms with Crippen LogP contribution in [0.1, 0.15) is 126 Å². The van der Waals surface area contributed by atoms with Crippen LogP contribution in [0.2, 0.25) is 0 Å². The lowest BCUT2D eigenvalue weighted by atomic mass is 9.92. The molecule has 476 valence electrons. The number of ether oxygens (including phenoxy) is 2. The van der Waals surface area contributed by atoms with Crippen LogP contribution in [-0.4, -0.2) is 202 Å². The van der Waals surface area contributed by atoms with Crippen molar-refractivity contribution in [1.29, 1.82) is 0 Å². The predicted molar refractivity (Wildman–Crippen MR) is 321 cm³/mol. The van der Waals surface area contributed by atoms with Gasteiger partial charge in [-0.2, -0.15) is 0 Å². The van der Waals surface area contributed by atoms with Crippen LogP contribution in [0.15, 0.2) is 54.6 Å². The van der Waals surface area contributed by atoms with Gasteiger partial charge in [-0.15, -0.1) is 0 Å². The zero-order valence-electron chi connectivity index (χ0n) is 53.3. The second kappa shape index (κ2) is 32.2. The van der Waals surface area contributed by atoms with Crippen molar-refractivity contribution < 1.29 is 67.3 Å². The summed E-state index contributed by atoms with van der Waals surface area (Å²) in [5.41, 5.74) is 1.52. The Balaban J connectivity index is 1.85. The number of carbonyl (C=O) groups excluding carboxylic acids is 10. The van der Waals surface area contributed by atoms with Gasteiger partial charge >= 0.3 is 11.9 Å². The highest BCUT2D eigenvalue weighted by Gasteiger charge is 2.46. The van der Waals surface area contributed by atoms with E-state index in [0.29, 0.717) is 43.6 Å². The molecule has 0 radical (unpaired) electrons. The lowest BCUT2D eigenvalue weighted by Gasteiger charge is -2.41. The van der Waals surface area contributed by atoms with Gasteiger partial charge in [-0.05, 0) is 79.0 Å². The zero-order valence-corrected chi connectivity index (χ0v) is 53.3. The van der Waals surface area contributed by atoms with Gasteiger partial charge in [-0.3, -0.25) is 47.9 Å². The van der Waals surface area contributed by atoms with Gasteiger partial charge in [0.2, 0.25) is 47.3 Å². The number of aliphatic carboxylic acids is 1. The van der Waals surface area contributed by atoms with E-state index in [1.165, 1.54) is 56.9 Å². The number of amides is 9. The van der Waals surface area contributed by atoms with Crippen LogP contribution in [-0.2, 0) is 70.5 Å². The molecule has 2 fully saturated rings. The summed E-state index contributed by atoms with van der Waals surface area (Å²) in [4.78, 5) is 166. The fraction of sp³-hybridized carbons (Fsp3) is 0.635. The highest BCUT2D eigenvalue weighted by molar-refractivity contribution is 5.99. The summed E-state index contributed by atoms with van der Waals surface area (Å²) >= 11 is 0. The Hall–Kier alpha value is -7.59. The Morgan fingerprint density at radius 3 is 1.71 bits per heavy atom. The third-order valence-electron chi connectivity index (χ3n) is 16.8. The van der Waals surface area contributed by atoms with Gasteiger partial charge < -0.3 is 59.9 Å². The summed E-state index contributed by atoms with van der Waals surface area (Å²) in [5.74, 6) is -11.4. The van der Waals surface area contributed by atoms with Crippen molar-refractivity contribution in [3.8, 4) is 5.75 Å². The number of nitrogens with one attached hydrogen (secondary N) is 3. The molecule has 2 heterocycles. The minimum absolute atomic E-state index is 0.0994. The third kappa shape index (κ3) is 18.0. The maximum atomic E-state index is 15.0. The molecule has 4 rings (SSSR count). The normalized spacial score (nSPS) is 25.6. The predicted octanol–water partition coefficient (Wildman–Crippen LogP) is 3.89. The van der Waals surface area contributed by atoms with Gasteiger partial charge in [0.25, 0.3) is 5.91 Å². The molecule has 9 amide bonds. The van der Waals surface area contributed by atoms with Crippen molar-refractivity contribution >= 4 is 65.1 Å². The van der Waals surface area contributed by atoms with Crippen molar-refractivity contribution in [3.05, 3.63) is 65.7 Å². The van der Waals surface area contributed by atoms with Crippen LogP contribution in [0, 0.1) is 29.6 Å². The molecule has 23 nitrogen and oxygen atoms in total. The largest absolute Gasteiger partial charge is 0.489 e. The topological polar surface area (TPSA) is 282 Å². The number of carboxylic acids is 1. The van der Waals surface area contributed by atoms with Crippen LogP contribution in [0.25, 0.3) is 0 Å². The molecule has 0 aromatic heterocycles. The number of hydrogen-bond donors (Lipinski definition) is 4. The van der Waals surface area contributed by atoms with Crippen molar-refractivity contribution in [1.82, 2.24) is 45.3 Å². The molecule has 0 aliphatic carbocycles. The molecule has 2 aromatic rings. The number of carbonyl (C=O) groups is 11. The van der Waals surface area contributed by atoms with E-state index in [9.17, 15) is 57.8 Å². The number of piperidine rings is 1.